The Kier molecular flexibility index (Phi) is 7.79. The third-order valence-electron chi connectivity index (χ3n) is 2.80. The first-order valence-electron chi connectivity index (χ1n) is 6.86. The largest absolute Gasteiger partial charge is 0.477 e. The van der Waals surface area contributed by atoms with Crippen molar-refractivity contribution in [1.29, 1.82) is 5.26 Å². The van der Waals surface area contributed by atoms with Crippen molar-refractivity contribution in [3.8, 4) is 6.07 Å². The maximum atomic E-state index is 11.2. The molecule has 0 amide bonds. The summed E-state index contributed by atoms with van der Waals surface area (Å²) in [5.41, 5.74) is 1.62. The standard InChI is InChI=1S/C16H11NO2.C2H6O2/c17-11-14(16(18)19)15(12-7-3-1-4-8-12)13-9-5-2-6-10-13;3-1-2-4/h1-10H,(H,18,19);3-4H,1-2H2. The van der Waals surface area contributed by atoms with Gasteiger partial charge in [-0.25, -0.2) is 4.79 Å². The van der Waals surface area contributed by atoms with Crippen molar-refractivity contribution in [2.75, 3.05) is 13.2 Å². The second kappa shape index (κ2) is 9.90. The summed E-state index contributed by atoms with van der Waals surface area (Å²) in [4.78, 5) is 11.2. The lowest BCUT2D eigenvalue weighted by Gasteiger charge is -2.09. The van der Waals surface area contributed by atoms with Gasteiger partial charge in [0.15, 0.2) is 0 Å². The summed E-state index contributed by atoms with van der Waals surface area (Å²) in [7, 11) is 0. The van der Waals surface area contributed by atoms with Gasteiger partial charge in [-0.3, -0.25) is 0 Å². The number of nitrogens with zero attached hydrogens (tertiary/aromatic N) is 1. The molecule has 0 aromatic heterocycles. The SMILES string of the molecule is N#CC(C(=O)O)=C(c1ccccc1)c1ccccc1.OCCO. The molecule has 0 aliphatic carbocycles. The monoisotopic (exact) mass is 311 g/mol. The molecule has 2 rings (SSSR count). The van der Waals surface area contributed by atoms with E-state index in [9.17, 15) is 9.90 Å². The smallest absolute Gasteiger partial charge is 0.347 e. The van der Waals surface area contributed by atoms with Crippen LogP contribution in [0.2, 0.25) is 0 Å². The summed E-state index contributed by atoms with van der Waals surface area (Å²) >= 11 is 0. The first kappa shape index (κ1) is 18.1. The van der Waals surface area contributed by atoms with Crippen LogP contribution in [0.25, 0.3) is 5.57 Å². The van der Waals surface area contributed by atoms with Gasteiger partial charge in [-0.15, -0.1) is 0 Å². The van der Waals surface area contributed by atoms with Crippen molar-refractivity contribution in [2.24, 2.45) is 0 Å². The van der Waals surface area contributed by atoms with Gasteiger partial charge in [0.25, 0.3) is 0 Å². The Morgan fingerprint density at radius 2 is 1.26 bits per heavy atom. The van der Waals surface area contributed by atoms with Crippen LogP contribution >= 0.6 is 0 Å². The summed E-state index contributed by atoms with van der Waals surface area (Å²) < 4.78 is 0. The lowest BCUT2D eigenvalue weighted by molar-refractivity contribution is -0.132. The van der Waals surface area contributed by atoms with E-state index < -0.39 is 5.97 Å². The first-order valence-corrected chi connectivity index (χ1v) is 6.86. The Morgan fingerprint density at radius 1 is 0.870 bits per heavy atom. The van der Waals surface area contributed by atoms with E-state index >= 15 is 0 Å². The van der Waals surface area contributed by atoms with E-state index in [2.05, 4.69) is 0 Å². The minimum absolute atomic E-state index is 0.125. The molecule has 2 aromatic carbocycles. The molecule has 0 spiro atoms. The average Bonchev–Trinajstić information content (AvgIpc) is 2.61. The third kappa shape index (κ3) is 5.40. The molecule has 5 heteroatoms. The normalized spacial score (nSPS) is 9.09. The van der Waals surface area contributed by atoms with Gasteiger partial charge < -0.3 is 15.3 Å². The number of aliphatic hydroxyl groups is 2. The number of aliphatic carboxylic acids is 1. The van der Waals surface area contributed by atoms with Gasteiger partial charge in [0, 0.05) is 5.57 Å². The number of rotatable bonds is 4. The highest BCUT2D eigenvalue weighted by molar-refractivity contribution is 6.04. The second-order valence-corrected chi connectivity index (χ2v) is 4.35. The zero-order chi connectivity index (χ0) is 17.1. The molecule has 0 unspecified atom stereocenters. The molecule has 0 atom stereocenters. The molecule has 0 saturated heterocycles. The molecule has 0 aliphatic rings. The lowest BCUT2D eigenvalue weighted by atomic mass is 9.93. The molecular weight excluding hydrogens is 294 g/mol. The Morgan fingerprint density at radius 3 is 1.52 bits per heavy atom. The van der Waals surface area contributed by atoms with Gasteiger partial charge in [-0.05, 0) is 11.1 Å². The maximum Gasteiger partial charge on any atom is 0.347 e. The zero-order valence-electron chi connectivity index (χ0n) is 12.4. The number of hydrogen-bond acceptors (Lipinski definition) is 4. The quantitative estimate of drug-likeness (QED) is 0.592. The molecule has 23 heavy (non-hydrogen) atoms. The Balaban J connectivity index is 0.000000593. The van der Waals surface area contributed by atoms with Crippen molar-refractivity contribution in [1.82, 2.24) is 0 Å². The van der Waals surface area contributed by atoms with Crippen LogP contribution in [0.3, 0.4) is 0 Å². The van der Waals surface area contributed by atoms with Crippen LogP contribution in [0.4, 0.5) is 0 Å². The van der Waals surface area contributed by atoms with Gasteiger partial charge >= 0.3 is 5.97 Å². The summed E-state index contributed by atoms with van der Waals surface area (Å²) in [6.07, 6.45) is 0. The first-order chi connectivity index (χ1) is 11.2. The van der Waals surface area contributed by atoms with E-state index in [-0.39, 0.29) is 18.8 Å². The number of hydrogen-bond donors (Lipinski definition) is 3. The Hall–Kier alpha value is -2.94. The van der Waals surface area contributed by atoms with Crippen LogP contribution in [-0.2, 0) is 4.79 Å². The highest BCUT2D eigenvalue weighted by Crippen LogP contribution is 2.26. The number of aliphatic hydroxyl groups excluding tert-OH is 2. The second-order valence-electron chi connectivity index (χ2n) is 4.35. The van der Waals surface area contributed by atoms with Gasteiger partial charge in [0.05, 0.1) is 13.2 Å². The van der Waals surface area contributed by atoms with Crippen molar-refractivity contribution < 1.29 is 20.1 Å². The van der Waals surface area contributed by atoms with E-state index in [0.29, 0.717) is 16.7 Å². The zero-order valence-corrected chi connectivity index (χ0v) is 12.4. The van der Waals surface area contributed by atoms with Crippen molar-refractivity contribution in [2.45, 2.75) is 0 Å². The topological polar surface area (TPSA) is 102 Å². The fraction of sp³-hybridized carbons (Fsp3) is 0.111. The van der Waals surface area contributed by atoms with Crippen LogP contribution < -0.4 is 0 Å². The minimum atomic E-state index is -1.22. The molecule has 0 radical (unpaired) electrons. The number of carboxylic acid groups (broad SMARTS) is 1. The maximum absolute atomic E-state index is 11.2. The van der Waals surface area contributed by atoms with Crippen LogP contribution in [-0.4, -0.2) is 34.5 Å². The van der Waals surface area contributed by atoms with E-state index in [1.54, 1.807) is 30.3 Å². The summed E-state index contributed by atoms with van der Waals surface area (Å²) in [5, 5.41) is 33.5. The average molecular weight is 311 g/mol. The summed E-state index contributed by atoms with van der Waals surface area (Å²) in [6, 6.07) is 19.9. The van der Waals surface area contributed by atoms with Crippen LogP contribution in [0.15, 0.2) is 66.2 Å². The number of carbonyl (C=O) groups is 1. The highest BCUT2D eigenvalue weighted by Gasteiger charge is 2.17. The minimum Gasteiger partial charge on any atom is -0.477 e. The fourth-order valence-electron chi connectivity index (χ4n) is 1.88. The third-order valence-corrected chi connectivity index (χ3v) is 2.80. The molecular formula is C18H17NO4. The molecule has 0 fully saturated rings. The molecule has 0 bridgehead atoms. The molecule has 2 aromatic rings. The fourth-order valence-corrected chi connectivity index (χ4v) is 1.88. The Labute approximate surface area is 134 Å². The highest BCUT2D eigenvalue weighted by atomic mass is 16.4. The summed E-state index contributed by atoms with van der Waals surface area (Å²) in [6.45, 7) is -0.250. The summed E-state index contributed by atoms with van der Waals surface area (Å²) in [5.74, 6) is -1.22. The molecule has 3 N–H and O–H groups in total. The Bertz CT molecular complexity index is 644. The molecule has 5 nitrogen and oxygen atoms in total. The number of carboxylic acids is 1. The van der Waals surface area contributed by atoms with Crippen LogP contribution in [0.1, 0.15) is 11.1 Å². The van der Waals surface area contributed by atoms with Crippen molar-refractivity contribution in [3.63, 3.8) is 0 Å². The van der Waals surface area contributed by atoms with Crippen molar-refractivity contribution >= 4 is 11.5 Å². The number of nitriles is 1. The van der Waals surface area contributed by atoms with E-state index in [1.165, 1.54) is 0 Å². The van der Waals surface area contributed by atoms with Gasteiger partial charge in [0.1, 0.15) is 11.6 Å². The van der Waals surface area contributed by atoms with E-state index in [4.69, 9.17) is 15.5 Å². The van der Waals surface area contributed by atoms with E-state index in [1.807, 2.05) is 36.4 Å². The predicted octanol–water partition coefficient (Wildman–Crippen LogP) is 2.07. The van der Waals surface area contributed by atoms with Gasteiger partial charge in [0.2, 0.25) is 0 Å². The lowest BCUT2D eigenvalue weighted by Crippen LogP contribution is -2.03. The van der Waals surface area contributed by atoms with Crippen LogP contribution in [0.5, 0.6) is 0 Å². The van der Waals surface area contributed by atoms with Crippen LogP contribution in [0, 0.1) is 11.3 Å². The molecule has 0 saturated carbocycles. The van der Waals surface area contributed by atoms with Crippen molar-refractivity contribution in [3.05, 3.63) is 77.4 Å². The molecule has 0 aliphatic heterocycles. The van der Waals surface area contributed by atoms with Gasteiger partial charge in [-0.1, -0.05) is 60.7 Å². The predicted molar refractivity (Wildman–Crippen MR) is 86.3 cm³/mol. The van der Waals surface area contributed by atoms with Gasteiger partial charge in [-0.2, -0.15) is 5.26 Å². The molecule has 0 heterocycles. The van der Waals surface area contributed by atoms with E-state index in [0.717, 1.165) is 0 Å². The number of benzene rings is 2. The molecule has 118 valence electrons.